The van der Waals surface area contributed by atoms with E-state index in [1.54, 1.807) is 39.2 Å². The Bertz CT molecular complexity index is 1190. The van der Waals surface area contributed by atoms with E-state index < -0.39 is 16.1 Å². The number of methoxy groups -OCH3 is 1. The van der Waals surface area contributed by atoms with E-state index in [0.29, 0.717) is 28.6 Å². The van der Waals surface area contributed by atoms with Crippen LogP contribution in [0.15, 0.2) is 42.5 Å². The summed E-state index contributed by atoms with van der Waals surface area (Å²) in [6, 6.07) is 11.7. The van der Waals surface area contributed by atoms with Gasteiger partial charge in [-0.1, -0.05) is 43.6 Å². The summed E-state index contributed by atoms with van der Waals surface area (Å²) in [5.41, 5.74) is 1.96. The molecule has 2 aromatic rings. The minimum absolute atomic E-state index is 0.0669. The van der Waals surface area contributed by atoms with Crippen molar-refractivity contribution in [2.75, 3.05) is 30.8 Å². The van der Waals surface area contributed by atoms with E-state index in [4.69, 9.17) is 16.3 Å². The predicted octanol–water partition coefficient (Wildman–Crippen LogP) is 4.39. The molecule has 0 unspecified atom stereocenters. The number of amides is 2. The minimum Gasteiger partial charge on any atom is -0.497 e. The first kappa shape index (κ1) is 30.4. The number of benzene rings is 2. The molecule has 0 fully saturated rings. The zero-order chi connectivity index (χ0) is 27.8. The number of rotatable bonds is 13. The Kier molecular flexibility index (Phi) is 11.3. The quantitative estimate of drug-likeness (QED) is 0.398. The number of anilines is 1. The van der Waals surface area contributed by atoms with Crippen LogP contribution in [0, 0.1) is 12.8 Å². The fraction of sp³-hybridized carbons (Fsp3) is 0.481. The fourth-order valence-corrected chi connectivity index (χ4v) is 5.04. The van der Waals surface area contributed by atoms with Gasteiger partial charge in [0.2, 0.25) is 21.8 Å². The summed E-state index contributed by atoms with van der Waals surface area (Å²) in [6.45, 7) is 8.29. The van der Waals surface area contributed by atoms with Crippen LogP contribution in [0.4, 0.5) is 5.69 Å². The van der Waals surface area contributed by atoms with E-state index in [0.717, 1.165) is 11.8 Å². The zero-order valence-electron chi connectivity index (χ0n) is 22.5. The van der Waals surface area contributed by atoms with Crippen molar-refractivity contribution < 1.29 is 22.7 Å². The lowest BCUT2D eigenvalue weighted by molar-refractivity contribution is -0.140. The van der Waals surface area contributed by atoms with E-state index in [-0.39, 0.29) is 43.7 Å². The molecule has 204 valence electrons. The first-order valence-corrected chi connectivity index (χ1v) is 14.5. The maximum atomic E-state index is 13.4. The first-order valence-electron chi connectivity index (χ1n) is 12.3. The lowest BCUT2D eigenvalue weighted by Gasteiger charge is -2.30. The number of hydrogen-bond donors (Lipinski definition) is 1. The number of nitrogens with zero attached hydrogens (tertiary/aromatic N) is 2. The van der Waals surface area contributed by atoms with Gasteiger partial charge in [-0.2, -0.15) is 0 Å². The van der Waals surface area contributed by atoms with Gasteiger partial charge < -0.3 is 15.0 Å². The Balaban J connectivity index is 2.21. The maximum absolute atomic E-state index is 13.4. The van der Waals surface area contributed by atoms with Crippen LogP contribution < -0.4 is 14.4 Å². The molecule has 0 aliphatic carbocycles. The van der Waals surface area contributed by atoms with Crippen molar-refractivity contribution in [1.82, 2.24) is 10.2 Å². The third kappa shape index (κ3) is 8.93. The SMILES string of the molecule is COc1cccc(CN(C(=O)CCCN(c2cccc(Cl)c2C)S(C)(=O)=O)[C@H](C)C(=O)NCC(C)C)c1. The topological polar surface area (TPSA) is 96.0 Å². The molecule has 0 aromatic heterocycles. The smallest absolute Gasteiger partial charge is 0.242 e. The molecule has 0 saturated heterocycles. The van der Waals surface area contributed by atoms with Crippen molar-refractivity contribution in [1.29, 1.82) is 0 Å². The van der Waals surface area contributed by atoms with E-state index >= 15 is 0 Å². The summed E-state index contributed by atoms with van der Waals surface area (Å²) >= 11 is 6.21. The molecule has 0 radical (unpaired) electrons. The lowest BCUT2D eigenvalue weighted by Crippen LogP contribution is -2.48. The minimum atomic E-state index is -3.61. The Labute approximate surface area is 226 Å². The largest absolute Gasteiger partial charge is 0.497 e. The van der Waals surface area contributed by atoms with Gasteiger partial charge in [-0.25, -0.2) is 8.42 Å². The molecule has 0 saturated carbocycles. The van der Waals surface area contributed by atoms with Gasteiger partial charge in [0.25, 0.3) is 0 Å². The van der Waals surface area contributed by atoms with Crippen molar-refractivity contribution >= 4 is 39.1 Å². The second-order valence-corrected chi connectivity index (χ2v) is 11.8. The number of halogens is 1. The van der Waals surface area contributed by atoms with Crippen molar-refractivity contribution in [3.05, 3.63) is 58.6 Å². The van der Waals surface area contributed by atoms with Gasteiger partial charge in [0.1, 0.15) is 11.8 Å². The maximum Gasteiger partial charge on any atom is 0.242 e. The molecular weight excluding hydrogens is 514 g/mol. The summed E-state index contributed by atoms with van der Waals surface area (Å²) in [5, 5.41) is 3.36. The molecule has 0 heterocycles. The summed E-state index contributed by atoms with van der Waals surface area (Å²) in [7, 11) is -2.04. The summed E-state index contributed by atoms with van der Waals surface area (Å²) in [6.07, 6.45) is 1.47. The second kappa shape index (κ2) is 13.7. The molecule has 0 spiro atoms. The lowest BCUT2D eigenvalue weighted by atomic mass is 10.1. The van der Waals surface area contributed by atoms with Gasteiger partial charge in [-0.3, -0.25) is 13.9 Å². The molecule has 1 atom stereocenters. The van der Waals surface area contributed by atoms with Crippen LogP contribution in [0.3, 0.4) is 0 Å². The van der Waals surface area contributed by atoms with Gasteiger partial charge >= 0.3 is 0 Å². The first-order chi connectivity index (χ1) is 17.3. The number of sulfonamides is 1. The number of ether oxygens (including phenoxy) is 1. The van der Waals surface area contributed by atoms with Crippen LogP contribution in [-0.4, -0.2) is 57.6 Å². The summed E-state index contributed by atoms with van der Waals surface area (Å²) < 4.78 is 31.7. The Morgan fingerprint density at radius 1 is 1.11 bits per heavy atom. The second-order valence-electron chi connectivity index (χ2n) is 9.51. The predicted molar refractivity (Wildman–Crippen MR) is 148 cm³/mol. The van der Waals surface area contributed by atoms with E-state index in [1.807, 2.05) is 38.1 Å². The van der Waals surface area contributed by atoms with Crippen molar-refractivity contribution in [2.45, 2.75) is 53.1 Å². The molecular formula is C27H38ClN3O5S. The van der Waals surface area contributed by atoms with Gasteiger partial charge in [-0.15, -0.1) is 0 Å². The molecule has 8 nitrogen and oxygen atoms in total. The van der Waals surface area contributed by atoms with Crippen molar-refractivity contribution in [3.8, 4) is 5.75 Å². The zero-order valence-corrected chi connectivity index (χ0v) is 24.0. The third-order valence-electron chi connectivity index (χ3n) is 6.00. The molecule has 37 heavy (non-hydrogen) atoms. The normalized spacial score (nSPS) is 12.2. The van der Waals surface area contributed by atoms with Crippen LogP contribution in [0.25, 0.3) is 0 Å². The number of hydrogen-bond acceptors (Lipinski definition) is 5. The third-order valence-corrected chi connectivity index (χ3v) is 7.59. The Hall–Kier alpha value is -2.78. The van der Waals surface area contributed by atoms with Crippen LogP contribution in [0.2, 0.25) is 5.02 Å². The van der Waals surface area contributed by atoms with E-state index in [1.165, 1.54) is 9.21 Å². The highest BCUT2D eigenvalue weighted by Gasteiger charge is 2.27. The van der Waals surface area contributed by atoms with Crippen LogP contribution in [0.1, 0.15) is 44.7 Å². The van der Waals surface area contributed by atoms with Crippen LogP contribution >= 0.6 is 11.6 Å². The molecule has 2 rings (SSSR count). The van der Waals surface area contributed by atoms with Gasteiger partial charge in [-0.05, 0) is 61.6 Å². The van der Waals surface area contributed by atoms with E-state index in [2.05, 4.69) is 5.32 Å². The summed E-state index contributed by atoms with van der Waals surface area (Å²) in [4.78, 5) is 27.8. The van der Waals surface area contributed by atoms with Crippen molar-refractivity contribution in [3.63, 3.8) is 0 Å². The molecule has 0 aliphatic heterocycles. The highest BCUT2D eigenvalue weighted by molar-refractivity contribution is 7.92. The fourth-order valence-electron chi connectivity index (χ4n) is 3.85. The average molecular weight is 552 g/mol. The number of nitrogens with one attached hydrogen (secondary N) is 1. The number of carbonyl (C=O) groups is 2. The molecule has 0 bridgehead atoms. The molecule has 10 heteroatoms. The Morgan fingerprint density at radius 2 is 1.78 bits per heavy atom. The monoisotopic (exact) mass is 551 g/mol. The molecule has 2 aromatic carbocycles. The molecule has 2 amide bonds. The highest BCUT2D eigenvalue weighted by Crippen LogP contribution is 2.28. The van der Waals surface area contributed by atoms with E-state index in [9.17, 15) is 18.0 Å². The van der Waals surface area contributed by atoms with Gasteiger partial charge in [0.05, 0.1) is 19.1 Å². The molecule has 1 N–H and O–H groups in total. The standard InChI is InChI=1S/C27H38ClN3O5S/c1-19(2)17-29-27(33)21(4)30(18-22-10-7-11-23(16-22)36-5)26(32)14-9-15-31(37(6,34)35)25-13-8-12-24(28)20(25)3/h7-8,10-13,16,19,21H,9,14-15,17-18H2,1-6H3,(H,29,33)/t21-/m1/s1. The van der Waals surface area contributed by atoms with Gasteiger partial charge in [0, 0.05) is 31.1 Å². The molecule has 0 aliphatic rings. The van der Waals surface area contributed by atoms with Crippen LogP contribution in [-0.2, 0) is 26.2 Å². The van der Waals surface area contributed by atoms with Crippen LogP contribution in [0.5, 0.6) is 5.75 Å². The highest BCUT2D eigenvalue weighted by atomic mass is 35.5. The Morgan fingerprint density at radius 3 is 2.41 bits per heavy atom. The van der Waals surface area contributed by atoms with Crippen molar-refractivity contribution in [2.24, 2.45) is 5.92 Å². The van der Waals surface area contributed by atoms with Gasteiger partial charge in [0.15, 0.2) is 0 Å². The average Bonchev–Trinajstić information content (AvgIpc) is 2.84. The number of carbonyl (C=O) groups excluding carboxylic acids is 2. The summed E-state index contributed by atoms with van der Waals surface area (Å²) in [5.74, 6) is 0.446.